The van der Waals surface area contributed by atoms with Crippen LogP contribution in [0.1, 0.15) is 37.8 Å². The van der Waals surface area contributed by atoms with Gasteiger partial charge in [-0.15, -0.1) is 0 Å². The Morgan fingerprint density at radius 3 is 2.76 bits per heavy atom. The van der Waals surface area contributed by atoms with Gasteiger partial charge < -0.3 is 10.2 Å². The van der Waals surface area contributed by atoms with E-state index in [0.29, 0.717) is 18.9 Å². The van der Waals surface area contributed by atoms with E-state index in [0.717, 1.165) is 22.9 Å². The number of rotatable bonds is 3. The van der Waals surface area contributed by atoms with Crippen LogP contribution in [-0.4, -0.2) is 29.3 Å². The first kappa shape index (κ1) is 14.6. The minimum atomic E-state index is -0.324. The average molecular weight is 351 g/mol. The van der Waals surface area contributed by atoms with Crippen LogP contribution in [-0.2, 0) is 9.59 Å². The summed E-state index contributed by atoms with van der Waals surface area (Å²) in [5.74, 6) is 0.386. The van der Waals surface area contributed by atoms with Gasteiger partial charge in [0.25, 0.3) is 0 Å². The molecule has 5 heteroatoms. The van der Waals surface area contributed by atoms with Gasteiger partial charge in [0.05, 0.1) is 6.04 Å². The molecule has 1 aromatic carbocycles. The van der Waals surface area contributed by atoms with Crippen LogP contribution in [0, 0.1) is 5.92 Å². The zero-order valence-corrected chi connectivity index (χ0v) is 13.6. The molecule has 0 spiro atoms. The quantitative estimate of drug-likeness (QED) is 0.910. The molecule has 1 aliphatic heterocycles. The van der Waals surface area contributed by atoms with Gasteiger partial charge in [-0.05, 0) is 43.4 Å². The number of amides is 2. The van der Waals surface area contributed by atoms with E-state index in [1.165, 1.54) is 0 Å². The Balaban J connectivity index is 1.84. The lowest BCUT2D eigenvalue weighted by Crippen LogP contribution is -2.46. The Morgan fingerprint density at radius 2 is 2.10 bits per heavy atom. The van der Waals surface area contributed by atoms with Gasteiger partial charge >= 0.3 is 0 Å². The Kier molecular flexibility index (Phi) is 4.02. The van der Waals surface area contributed by atoms with Gasteiger partial charge in [0, 0.05) is 17.4 Å². The maximum atomic E-state index is 12.8. The zero-order valence-electron chi connectivity index (χ0n) is 12.0. The molecule has 1 N–H and O–H groups in total. The number of carbonyl (C=O) groups excluding carboxylic acids is 2. The summed E-state index contributed by atoms with van der Waals surface area (Å²) >= 11 is 3.47. The first-order valence-corrected chi connectivity index (χ1v) is 8.21. The van der Waals surface area contributed by atoms with Crippen molar-refractivity contribution in [2.45, 2.75) is 38.3 Å². The van der Waals surface area contributed by atoms with Crippen LogP contribution in [0.2, 0.25) is 0 Å². The van der Waals surface area contributed by atoms with Crippen molar-refractivity contribution in [2.24, 2.45) is 5.92 Å². The summed E-state index contributed by atoms with van der Waals surface area (Å²) in [6.07, 6.45) is 2.46. The number of nitrogens with zero attached hydrogens (tertiary/aromatic N) is 1. The fourth-order valence-corrected chi connectivity index (χ4v) is 3.32. The molecule has 1 aliphatic carbocycles. The van der Waals surface area contributed by atoms with Crippen molar-refractivity contribution >= 4 is 27.7 Å². The van der Waals surface area contributed by atoms with Crippen LogP contribution >= 0.6 is 15.9 Å². The number of nitrogens with one attached hydrogen (secondary N) is 1. The monoisotopic (exact) mass is 350 g/mol. The maximum absolute atomic E-state index is 12.8. The van der Waals surface area contributed by atoms with Crippen LogP contribution in [0.15, 0.2) is 28.7 Å². The van der Waals surface area contributed by atoms with Gasteiger partial charge in [0.1, 0.15) is 6.04 Å². The van der Waals surface area contributed by atoms with Crippen molar-refractivity contribution in [3.8, 4) is 0 Å². The van der Waals surface area contributed by atoms with E-state index in [1.54, 1.807) is 0 Å². The van der Waals surface area contributed by atoms with E-state index >= 15 is 0 Å². The zero-order chi connectivity index (χ0) is 15.0. The third-order valence-corrected chi connectivity index (χ3v) is 4.83. The van der Waals surface area contributed by atoms with Crippen LogP contribution in [0.5, 0.6) is 0 Å². The van der Waals surface area contributed by atoms with Crippen molar-refractivity contribution in [3.63, 3.8) is 0 Å². The summed E-state index contributed by atoms with van der Waals surface area (Å²) in [6.45, 7) is 2.51. The van der Waals surface area contributed by atoms with Crippen LogP contribution < -0.4 is 5.32 Å². The second kappa shape index (κ2) is 5.79. The lowest BCUT2D eigenvalue weighted by Gasteiger charge is -2.30. The molecule has 4 nitrogen and oxygen atoms in total. The fraction of sp³-hybridized carbons (Fsp3) is 0.500. The van der Waals surface area contributed by atoms with Gasteiger partial charge in [-0.3, -0.25) is 9.59 Å². The van der Waals surface area contributed by atoms with Crippen molar-refractivity contribution in [1.82, 2.24) is 10.2 Å². The third-order valence-electron chi connectivity index (χ3n) is 4.34. The Labute approximate surface area is 133 Å². The number of hydrogen-bond acceptors (Lipinski definition) is 2. The van der Waals surface area contributed by atoms with E-state index in [9.17, 15) is 9.59 Å². The highest BCUT2D eigenvalue weighted by atomic mass is 79.9. The Morgan fingerprint density at radius 1 is 1.33 bits per heavy atom. The number of halogens is 1. The van der Waals surface area contributed by atoms with Gasteiger partial charge in [-0.1, -0.05) is 28.1 Å². The summed E-state index contributed by atoms with van der Waals surface area (Å²) in [5.41, 5.74) is 1.08. The first-order chi connectivity index (χ1) is 10.1. The molecule has 2 amide bonds. The highest BCUT2D eigenvalue weighted by molar-refractivity contribution is 9.10. The molecule has 0 bridgehead atoms. The molecule has 0 radical (unpaired) electrons. The van der Waals surface area contributed by atoms with Gasteiger partial charge in [-0.2, -0.15) is 0 Å². The predicted molar refractivity (Wildman–Crippen MR) is 83.5 cm³/mol. The molecule has 2 atom stereocenters. The predicted octanol–water partition coefficient (Wildman–Crippen LogP) is 2.64. The summed E-state index contributed by atoms with van der Waals surface area (Å²) in [6, 6.07) is 7.65. The molecule has 1 aromatic rings. The summed E-state index contributed by atoms with van der Waals surface area (Å²) in [5, 5.41) is 2.90. The molecule has 21 heavy (non-hydrogen) atoms. The Bertz CT molecular complexity index is 571. The van der Waals surface area contributed by atoms with E-state index < -0.39 is 0 Å². The van der Waals surface area contributed by atoms with Crippen LogP contribution in [0.4, 0.5) is 0 Å². The molecule has 2 unspecified atom stereocenters. The van der Waals surface area contributed by atoms with Crippen molar-refractivity contribution < 1.29 is 9.59 Å². The fourth-order valence-electron chi connectivity index (χ4n) is 2.90. The smallest absolute Gasteiger partial charge is 0.245 e. The van der Waals surface area contributed by atoms with E-state index in [4.69, 9.17) is 0 Å². The maximum Gasteiger partial charge on any atom is 0.245 e. The van der Waals surface area contributed by atoms with Crippen molar-refractivity contribution in [3.05, 3.63) is 34.3 Å². The van der Waals surface area contributed by atoms with E-state index in [1.807, 2.05) is 36.1 Å². The molecule has 0 aromatic heterocycles. The molecule has 112 valence electrons. The second-order valence-corrected chi connectivity index (χ2v) is 6.81. The lowest BCUT2D eigenvalue weighted by molar-refractivity contribution is -0.136. The molecule has 2 aliphatic rings. The summed E-state index contributed by atoms with van der Waals surface area (Å²) in [7, 11) is 0. The molecule has 1 saturated carbocycles. The summed E-state index contributed by atoms with van der Waals surface area (Å²) in [4.78, 5) is 26.5. The lowest BCUT2D eigenvalue weighted by atomic mass is 10.0. The van der Waals surface area contributed by atoms with Crippen molar-refractivity contribution in [2.75, 3.05) is 6.54 Å². The average Bonchev–Trinajstić information content (AvgIpc) is 3.28. The normalized spacial score (nSPS) is 24.5. The number of carbonyl (C=O) groups is 2. The van der Waals surface area contributed by atoms with Gasteiger partial charge in [0.15, 0.2) is 0 Å². The summed E-state index contributed by atoms with van der Waals surface area (Å²) < 4.78 is 1.00. The first-order valence-electron chi connectivity index (χ1n) is 7.41. The standard InChI is InChI=1S/C16H19BrN2O2/c1-10(12-3-2-4-13(17)9-12)19-8-7-14(20)18-15(16(19)21)11-5-6-11/h2-4,9-11,15H,5-8H2,1H3,(H,18,20). The molecule has 1 heterocycles. The number of benzene rings is 1. The Hall–Kier alpha value is -1.36. The SMILES string of the molecule is CC(c1cccc(Br)c1)N1CCC(=O)NC(C2CC2)C1=O. The highest BCUT2D eigenvalue weighted by Crippen LogP contribution is 2.35. The minimum Gasteiger partial charge on any atom is -0.344 e. The minimum absolute atomic E-state index is 0.0100. The largest absolute Gasteiger partial charge is 0.344 e. The van der Waals surface area contributed by atoms with Gasteiger partial charge in [0.2, 0.25) is 11.8 Å². The third kappa shape index (κ3) is 3.12. The van der Waals surface area contributed by atoms with Crippen LogP contribution in [0.3, 0.4) is 0 Å². The van der Waals surface area contributed by atoms with Crippen molar-refractivity contribution in [1.29, 1.82) is 0 Å². The van der Waals surface area contributed by atoms with E-state index in [2.05, 4.69) is 21.2 Å². The molecular formula is C16H19BrN2O2. The topological polar surface area (TPSA) is 49.4 Å². The second-order valence-electron chi connectivity index (χ2n) is 5.90. The number of hydrogen-bond donors (Lipinski definition) is 1. The molecule has 1 saturated heterocycles. The van der Waals surface area contributed by atoms with Gasteiger partial charge in [-0.25, -0.2) is 0 Å². The highest BCUT2D eigenvalue weighted by Gasteiger charge is 2.42. The molecule has 3 rings (SSSR count). The molecular weight excluding hydrogens is 332 g/mol. The van der Waals surface area contributed by atoms with Crippen LogP contribution in [0.25, 0.3) is 0 Å². The molecule has 2 fully saturated rings. The van der Waals surface area contributed by atoms with E-state index in [-0.39, 0.29) is 23.9 Å².